The molecule has 150 valence electrons. The van der Waals surface area contributed by atoms with Crippen molar-refractivity contribution in [2.75, 3.05) is 16.8 Å². The van der Waals surface area contributed by atoms with Gasteiger partial charge in [-0.15, -0.1) is 0 Å². The number of carbonyl (C=O) groups excluding carboxylic acids is 1. The largest absolute Gasteiger partial charge is 0.447 e. The zero-order valence-corrected chi connectivity index (χ0v) is 16.4. The van der Waals surface area contributed by atoms with Gasteiger partial charge in [0.25, 0.3) is 0 Å². The quantitative estimate of drug-likeness (QED) is 0.675. The lowest BCUT2D eigenvalue weighted by Gasteiger charge is -2.23. The maximum Gasteiger partial charge on any atom is 0.415 e. The summed E-state index contributed by atoms with van der Waals surface area (Å²) in [6, 6.07) is 10.9. The molecule has 4 rings (SSSR count). The first-order valence-corrected chi connectivity index (χ1v) is 9.47. The van der Waals surface area contributed by atoms with Gasteiger partial charge in [-0.3, -0.25) is 4.90 Å². The maximum absolute atomic E-state index is 12.2. The molecular weight excluding hydrogens is 372 g/mol. The molecule has 9 nitrogen and oxygen atoms in total. The molecule has 0 saturated carbocycles. The Morgan fingerprint density at radius 3 is 2.69 bits per heavy atom. The van der Waals surface area contributed by atoms with Crippen LogP contribution in [-0.2, 0) is 4.74 Å². The fourth-order valence-corrected chi connectivity index (χ4v) is 3.11. The Morgan fingerprint density at radius 1 is 1.14 bits per heavy atom. The Balaban J connectivity index is 1.51. The minimum absolute atomic E-state index is 0.0629. The highest BCUT2D eigenvalue weighted by atomic mass is 16.6. The number of nitrogens with one attached hydrogen (secondary N) is 1. The van der Waals surface area contributed by atoms with Gasteiger partial charge in [-0.1, -0.05) is 49.3 Å². The first kappa shape index (κ1) is 18.9. The van der Waals surface area contributed by atoms with E-state index in [1.165, 1.54) is 0 Å². The zero-order valence-electron chi connectivity index (χ0n) is 16.4. The lowest BCUT2D eigenvalue weighted by molar-refractivity contribution is 0.177. The molecule has 3 heterocycles. The number of amides is 1. The van der Waals surface area contributed by atoms with Crippen molar-refractivity contribution in [1.29, 1.82) is 0 Å². The summed E-state index contributed by atoms with van der Waals surface area (Å²) in [6.45, 7) is 6.31. The molecule has 1 N–H and O–H groups in total. The van der Waals surface area contributed by atoms with E-state index >= 15 is 0 Å². The van der Waals surface area contributed by atoms with Gasteiger partial charge in [0.1, 0.15) is 18.5 Å². The van der Waals surface area contributed by atoms with Crippen LogP contribution in [0.2, 0.25) is 0 Å². The van der Waals surface area contributed by atoms with E-state index in [0.29, 0.717) is 30.1 Å². The van der Waals surface area contributed by atoms with Crippen molar-refractivity contribution in [3.63, 3.8) is 0 Å². The molecule has 3 aromatic rings. The Labute approximate surface area is 168 Å². The zero-order chi connectivity index (χ0) is 20.4. The van der Waals surface area contributed by atoms with Crippen molar-refractivity contribution in [2.45, 2.75) is 32.9 Å². The SMILES string of the molecule is CC(C)C1COC(=O)N1c1ccnc(N[C@@H](C)c2nc(-c3ccccc3)no2)n1. The van der Waals surface area contributed by atoms with Crippen LogP contribution >= 0.6 is 0 Å². The second kappa shape index (κ2) is 7.86. The molecule has 1 aliphatic rings. The van der Waals surface area contributed by atoms with Gasteiger partial charge in [-0.25, -0.2) is 9.78 Å². The van der Waals surface area contributed by atoms with E-state index in [0.717, 1.165) is 5.56 Å². The number of aromatic nitrogens is 4. The van der Waals surface area contributed by atoms with E-state index < -0.39 is 6.09 Å². The molecule has 0 spiro atoms. The normalized spacial score (nSPS) is 17.4. The molecule has 1 amide bonds. The number of nitrogens with zero attached hydrogens (tertiary/aromatic N) is 5. The summed E-state index contributed by atoms with van der Waals surface area (Å²) in [5.74, 6) is 2.02. The molecule has 1 saturated heterocycles. The van der Waals surface area contributed by atoms with Crippen LogP contribution in [0.5, 0.6) is 0 Å². The standard InChI is InChI=1S/C20H22N6O3/c1-12(2)15-11-28-20(27)26(15)16-9-10-21-19(23-16)22-13(3)18-24-17(25-29-18)14-7-5-4-6-8-14/h4-10,12-13,15H,11H2,1-3H3,(H,21,22,23)/t13-,15?/m0/s1. The molecule has 1 fully saturated rings. The number of anilines is 2. The topological polar surface area (TPSA) is 106 Å². The third-order valence-corrected chi connectivity index (χ3v) is 4.75. The first-order valence-electron chi connectivity index (χ1n) is 9.47. The van der Waals surface area contributed by atoms with E-state index in [2.05, 4.69) is 25.4 Å². The fourth-order valence-electron chi connectivity index (χ4n) is 3.11. The number of ether oxygens (including phenoxy) is 1. The van der Waals surface area contributed by atoms with Gasteiger partial charge in [0.15, 0.2) is 0 Å². The molecule has 0 aliphatic carbocycles. The average molecular weight is 394 g/mol. The van der Waals surface area contributed by atoms with Crippen molar-refractivity contribution < 1.29 is 14.1 Å². The predicted molar refractivity (Wildman–Crippen MR) is 106 cm³/mol. The van der Waals surface area contributed by atoms with Gasteiger partial charge >= 0.3 is 6.09 Å². The third-order valence-electron chi connectivity index (χ3n) is 4.75. The van der Waals surface area contributed by atoms with Gasteiger partial charge in [0.05, 0.1) is 6.04 Å². The van der Waals surface area contributed by atoms with E-state index in [9.17, 15) is 4.79 Å². The van der Waals surface area contributed by atoms with Crippen LogP contribution in [0.25, 0.3) is 11.4 Å². The van der Waals surface area contributed by atoms with E-state index in [-0.39, 0.29) is 18.0 Å². The van der Waals surface area contributed by atoms with Gasteiger partial charge in [0.2, 0.25) is 17.7 Å². The fraction of sp³-hybridized carbons (Fsp3) is 0.350. The monoisotopic (exact) mass is 394 g/mol. The number of cyclic esters (lactones) is 1. The number of hydrogen-bond acceptors (Lipinski definition) is 8. The summed E-state index contributed by atoms with van der Waals surface area (Å²) in [4.78, 5) is 26.9. The maximum atomic E-state index is 12.2. The molecule has 0 radical (unpaired) electrons. The summed E-state index contributed by atoms with van der Waals surface area (Å²) in [6.07, 6.45) is 1.20. The minimum Gasteiger partial charge on any atom is -0.447 e. The third kappa shape index (κ3) is 3.89. The highest BCUT2D eigenvalue weighted by Crippen LogP contribution is 2.27. The molecule has 2 aromatic heterocycles. The van der Waals surface area contributed by atoms with Crippen LogP contribution < -0.4 is 10.2 Å². The molecule has 1 aromatic carbocycles. The molecule has 1 unspecified atom stereocenters. The van der Waals surface area contributed by atoms with Crippen molar-refractivity contribution >= 4 is 17.9 Å². The van der Waals surface area contributed by atoms with Gasteiger partial charge in [0, 0.05) is 11.8 Å². The number of rotatable bonds is 6. The Bertz CT molecular complexity index is 991. The first-order chi connectivity index (χ1) is 14.0. The second-order valence-electron chi connectivity index (χ2n) is 7.18. The van der Waals surface area contributed by atoms with Crippen LogP contribution in [0.1, 0.15) is 32.7 Å². The molecule has 29 heavy (non-hydrogen) atoms. The summed E-state index contributed by atoms with van der Waals surface area (Å²) in [7, 11) is 0. The van der Waals surface area contributed by atoms with Crippen LogP contribution in [0, 0.1) is 5.92 Å². The van der Waals surface area contributed by atoms with Gasteiger partial charge in [-0.2, -0.15) is 9.97 Å². The van der Waals surface area contributed by atoms with Crippen molar-refractivity contribution in [3.8, 4) is 11.4 Å². The lowest BCUT2D eigenvalue weighted by atomic mass is 10.0. The molecular formula is C20H22N6O3. The Morgan fingerprint density at radius 2 is 1.93 bits per heavy atom. The predicted octanol–water partition coefficient (Wildman–Crippen LogP) is 3.68. The summed E-state index contributed by atoms with van der Waals surface area (Å²) in [5.41, 5.74) is 0.875. The molecule has 2 atom stereocenters. The Hall–Kier alpha value is -3.49. The summed E-state index contributed by atoms with van der Waals surface area (Å²) < 4.78 is 10.6. The van der Waals surface area contributed by atoms with Gasteiger partial charge in [-0.05, 0) is 18.9 Å². The number of benzene rings is 1. The Kier molecular flexibility index (Phi) is 5.11. The highest BCUT2D eigenvalue weighted by Gasteiger charge is 2.37. The van der Waals surface area contributed by atoms with Crippen LogP contribution in [-0.4, -0.2) is 38.9 Å². The van der Waals surface area contributed by atoms with Crippen LogP contribution in [0.3, 0.4) is 0 Å². The van der Waals surface area contributed by atoms with Gasteiger partial charge < -0.3 is 14.6 Å². The summed E-state index contributed by atoms with van der Waals surface area (Å²) in [5, 5.41) is 7.18. The van der Waals surface area contributed by atoms with E-state index in [1.54, 1.807) is 17.2 Å². The van der Waals surface area contributed by atoms with E-state index in [4.69, 9.17) is 9.26 Å². The van der Waals surface area contributed by atoms with Crippen molar-refractivity contribution in [2.24, 2.45) is 5.92 Å². The van der Waals surface area contributed by atoms with Crippen molar-refractivity contribution in [3.05, 3.63) is 48.5 Å². The van der Waals surface area contributed by atoms with E-state index in [1.807, 2.05) is 51.1 Å². The molecule has 0 bridgehead atoms. The number of hydrogen-bond donors (Lipinski definition) is 1. The second-order valence-corrected chi connectivity index (χ2v) is 7.18. The average Bonchev–Trinajstić information content (AvgIpc) is 3.36. The molecule has 9 heteroatoms. The smallest absolute Gasteiger partial charge is 0.415 e. The lowest BCUT2D eigenvalue weighted by Crippen LogP contribution is -2.37. The minimum atomic E-state index is -0.397. The highest BCUT2D eigenvalue weighted by molar-refractivity contribution is 5.89. The van der Waals surface area contributed by atoms with Crippen LogP contribution in [0.15, 0.2) is 47.1 Å². The summed E-state index contributed by atoms with van der Waals surface area (Å²) >= 11 is 0. The van der Waals surface area contributed by atoms with Crippen molar-refractivity contribution in [1.82, 2.24) is 20.1 Å². The van der Waals surface area contributed by atoms with Crippen LogP contribution in [0.4, 0.5) is 16.6 Å². The number of carbonyl (C=O) groups is 1. The molecule has 1 aliphatic heterocycles.